The number of alkyl halides is 3. The number of nitrogens with one attached hydrogen (secondary N) is 2. The number of benzene rings is 1. The van der Waals surface area contributed by atoms with Gasteiger partial charge in [-0.1, -0.05) is 12.1 Å². The summed E-state index contributed by atoms with van der Waals surface area (Å²) in [6, 6.07) is 8.75. The van der Waals surface area contributed by atoms with Gasteiger partial charge in [-0.3, -0.25) is 15.1 Å². The molecule has 0 aliphatic carbocycles. The Morgan fingerprint density at radius 1 is 1.07 bits per heavy atom. The first kappa shape index (κ1) is 18.0. The van der Waals surface area contributed by atoms with Gasteiger partial charge in [0.1, 0.15) is 0 Å². The summed E-state index contributed by atoms with van der Waals surface area (Å²) in [7, 11) is 0. The van der Waals surface area contributed by atoms with Crippen LogP contribution in [0.4, 0.5) is 13.2 Å². The van der Waals surface area contributed by atoms with Crippen LogP contribution in [0.1, 0.15) is 43.0 Å². The quantitative estimate of drug-likeness (QED) is 0.839. The Morgan fingerprint density at radius 3 is 2.56 bits per heavy atom. The number of piperidine rings is 1. The van der Waals surface area contributed by atoms with E-state index in [1.165, 1.54) is 12.1 Å². The molecule has 1 aromatic carbocycles. The van der Waals surface area contributed by atoms with Crippen LogP contribution in [-0.4, -0.2) is 23.0 Å². The van der Waals surface area contributed by atoms with Gasteiger partial charge in [0.2, 0.25) is 5.91 Å². The zero-order valence-corrected chi connectivity index (χ0v) is 14.6. The van der Waals surface area contributed by atoms with Crippen molar-refractivity contribution < 1.29 is 18.0 Å². The van der Waals surface area contributed by atoms with Gasteiger partial charge in [-0.15, -0.1) is 0 Å². The van der Waals surface area contributed by atoms with E-state index in [4.69, 9.17) is 0 Å². The van der Waals surface area contributed by atoms with Crippen molar-refractivity contribution in [3.63, 3.8) is 0 Å². The summed E-state index contributed by atoms with van der Waals surface area (Å²) >= 11 is 0. The Bertz CT molecular complexity index is 850. The fourth-order valence-corrected chi connectivity index (χ4v) is 4.01. The molecule has 2 saturated heterocycles. The average Bonchev–Trinajstić information content (AvgIpc) is 3.09. The van der Waals surface area contributed by atoms with Crippen molar-refractivity contribution in [3.8, 4) is 11.1 Å². The van der Waals surface area contributed by atoms with Gasteiger partial charge in [0.05, 0.1) is 22.8 Å². The van der Waals surface area contributed by atoms with Crippen LogP contribution in [0.25, 0.3) is 11.1 Å². The molecular formula is C20H20F3N3O. The van der Waals surface area contributed by atoms with E-state index in [1.54, 1.807) is 12.3 Å². The van der Waals surface area contributed by atoms with Crippen LogP contribution in [0.15, 0.2) is 42.6 Å². The molecule has 2 aliphatic rings. The fraction of sp³-hybridized carbons (Fsp3) is 0.400. The number of carbonyl (C=O) groups excluding carboxylic acids is 1. The van der Waals surface area contributed by atoms with E-state index in [0.717, 1.165) is 49.1 Å². The normalized spacial score (nSPS) is 25.6. The number of halogens is 3. The molecular weight excluding hydrogens is 355 g/mol. The highest BCUT2D eigenvalue weighted by Gasteiger charge is 2.46. The molecule has 27 heavy (non-hydrogen) atoms. The van der Waals surface area contributed by atoms with E-state index in [-0.39, 0.29) is 11.9 Å². The maximum Gasteiger partial charge on any atom is 0.416 e. The summed E-state index contributed by atoms with van der Waals surface area (Å²) < 4.78 is 38.2. The van der Waals surface area contributed by atoms with E-state index < -0.39 is 17.3 Å². The topological polar surface area (TPSA) is 54.0 Å². The second-order valence-electron chi connectivity index (χ2n) is 7.22. The van der Waals surface area contributed by atoms with Crippen molar-refractivity contribution >= 4 is 5.91 Å². The Kier molecular flexibility index (Phi) is 4.42. The van der Waals surface area contributed by atoms with Gasteiger partial charge < -0.3 is 5.32 Å². The molecule has 2 fully saturated rings. The van der Waals surface area contributed by atoms with Gasteiger partial charge in [-0.05, 0) is 61.1 Å². The van der Waals surface area contributed by atoms with Crippen molar-refractivity contribution in [2.24, 2.45) is 0 Å². The number of hydrogen-bond donors (Lipinski definition) is 2. The van der Waals surface area contributed by atoms with E-state index in [0.29, 0.717) is 12.1 Å². The molecule has 7 heteroatoms. The molecule has 4 rings (SSSR count). The summed E-state index contributed by atoms with van der Waals surface area (Å²) in [5, 5.41) is 6.38. The third-order valence-corrected chi connectivity index (χ3v) is 5.49. The minimum absolute atomic E-state index is 0.0387. The van der Waals surface area contributed by atoms with E-state index in [2.05, 4.69) is 15.6 Å². The van der Waals surface area contributed by atoms with E-state index in [9.17, 15) is 18.0 Å². The van der Waals surface area contributed by atoms with Crippen LogP contribution < -0.4 is 10.6 Å². The van der Waals surface area contributed by atoms with Gasteiger partial charge in [0.25, 0.3) is 0 Å². The van der Waals surface area contributed by atoms with Crippen LogP contribution in [0, 0.1) is 0 Å². The first-order valence-electron chi connectivity index (χ1n) is 9.07. The summed E-state index contributed by atoms with van der Waals surface area (Å²) in [6.45, 7) is 0.717. The number of amides is 1. The predicted octanol–water partition coefficient (Wildman–Crippen LogP) is 3.84. The lowest BCUT2D eigenvalue weighted by molar-refractivity contribution is -0.137. The lowest BCUT2D eigenvalue weighted by Gasteiger charge is -2.33. The van der Waals surface area contributed by atoms with Crippen molar-refractivity contribution in [1.29, 1.82) is 0 Å². The van der Waals surface area contributed by atoms with Crippen LogP contribution >= 0.6 is 0 Å². The molecule has 2 aliphatic heterocycles. The standard InChI is InChI=1S/C20H20F3N3O/c21-20(22,23)15-4-2-13(3-5-15)14-7-11-24-17(12-14)16-6-9-19(26-16)8-1-10-25-18(19)27/h2-5,7,11-12,16,26H,1,6,8-10H2,(H,25,27)/t16-,19-/m0/s1. The lowest BCUT2D eigenvalue weighted by Crippen LogP contribution is -2.57. The lowest BCUT2D eigenvalue weighted by atomic mass is 9.88. The van der Waals surface area contributed by atoms with Crippen LogP contribution in [0.3, 0.4) is 0 Å². The average molecular weight is 375 g/mol. The monoisotopic (exact) mass is 375 g/mol. The second kappa shape index (κ2) is 6.64. The van der Waals surface area contributed by atoms with Crippen molar-refractivity contribution in [2.75, 3.05) is 6.54 Å². The molecule has 0 bridgehead atoms. The van der Waals surface area contributed by atoms with Crippen molar-refractivity contribution in [3.05, 3.63) is 53.9 Å². The summed E-state index contributed by atoms with van der Waals surface area (Å²) in [6.07, 6.45) is 0.644. The minimum Gasteiger partial charge on any atom is -0.354 e. The number of hydrogen-bond acceptors (Lipinski definition) is 3. The highest BCUT2D eigenvalue weighted by atomic mass is 19.4. The maximum absolute atomic E-state index is 12.7. The van der Waals surface area contributed by atoms with Gasteiger partial charge in [-0.25, -0.2) is 0 Å². The third kappa shape index (κ3) is 3.43. The molecule has 0 saturated carbocycles. The minimum atomic E-state index is -4.34. The van der Waals surface area contributed by atoms with Crippen molar-refractivity contribution in [1.82, 2.24) is 15.6 Å². The van der Waals surface area contributed by atoms with Gasteiger partial charge >= 0.3 is 6.18 Å². The Balaban J connectivity index is 1.56. The molecule has 2 atom stereocenters. The molecule has 1 amide bonds. The van der Waals surface area contributed by atoms with Gasteiger partial charge in [0, 0.05) is 12.7 Å². The third-order valence-electron chi connectivity index (χ3n) is 5.49. The fourth-order valence-electron chi connectivity index (χ4n) is 4.01. The molecule has 4 nitrogen and oxygen atoms in total. The first-order valence-corrected chi connectivity index (χ1v) is 9.07. The van der Waals surface area contributed by atoms with Crippen molar-refractivity contribution in [2.45, 2.75) is 43.4 Å². The molecule has 142 valence electrons. The Morgan fingerprint density at radius 2 is 1.85 bits per heavy atom. The molecule has 0 radical (unpaired) electrons. The number of nitrogens with zero attached hydrogens (tertiary/aromatic N) is 1. The molecule has 0 unspecified atom stereocenters. The second-order valence-corrected chi connectivity index (χ2v) is 7.22. The largest absolute Gasteiger partial charge is 0.416 e. The SMILES string of the molecule is O=C1NCCC[C@]12CC[C@@H](c1cc(-c3ccc(C(F)(F)F)cc3)ccn1)N2. The zero-order valence-electron chi connectivity index (χ0n) is 14.6. The number of carbonyl (C=O) groups is 1. The van der Waals surface area contributed by atoms with Gasteiger partial charge in [0.15, 0.2) is 0 Å². The summed E-state index contributed by atoms with van der Waals surface area (Å²) in [4.78, 5) is 16.7. The maximum atomic E-state index is 12.7. The molecule has 2 N–H and O–H groups in total. The predicted molar refractivity (Wildman–Crippen MR) is 94.8 cm³/mol. The molecule has 1 aromatic heterocycles. The molecule has 3 heterocycles. The van der Waals surface area contributed by atoms with Crippen LogP contribution in [0.5, 0.6) is 0 Å². The van der Waals surface area contributed by atoms with Gasteiger partial charge in [-0.2, -0.15) is 13.2 Å². The number of rotatable bonds is 2. The summed E-state index contributed by atoms with van der Waals surface area (Å²) in [5.74, 6) is 0.0511. The number of pyridine rings is 1. The van der Waals surface area contributed by atoms with E-state index in [1.807, 2.05) is 6.07 Å². The molecule has 1 spiro atoms. The van der Waals surface area contributed by atoms with E-state index >= 15 is 0 Å². The highest BCUT2D eigenvalue weighted by molar-refractivity contribution is 5.87. The molecule has 2 aromatic rings. The Hall–Kier alpha value is -2.41. The Labute approximate surface area is 155 Å². The summed E-state index contributed by atoms with van der Waals surface area (Å²) in [5.41, 5.74) is 1.14. The number of aromatic nitrogens is 1. The van der Waals surface area contributed by atoms with Crippen LogP contribution in [0.2, 0.25) is 0 Å². The zero-order chi connectivity index (χ0) is 19.1. The highest BCUT2D eigenvalue weighted by Crippen LogP contribution is 2.37. The van der Waals surface area contributed by atoms with Crippen LogP contribution in [-0.2, 0) is 11.0 Å². The smallest absolute Gasteiger partial charge is 0.354 e. The first-order chi connectivity index (χ1) is 12.9.